The third-order valence-electron chi connectivity index (χ3n) is 2.76. The molecular weight excluding hydrogens is 200 g/mol. The second kappa shape index (κ2) is 6.71. The summed E-state index contributed by atoms with van der Waals surface area (Å²) < 4.78 is 5.03. The van der Waals surface area contributed by atoms with E-state index in [1.54, 1.807) is 12.5 Å². The minimum Gasteiger partial charge on any atom is -0.472 e. The summed E-state index contributed by atoms with van der Waals surface area (Å²) in [5.74, 6) is 0.739. The van der Waals surface area contributed by atoms with E-state index in [1.807, 2.05) is 6.07 Å². The van der Waals surface area contributed by atoms with Crippen LogP contribution in [0.5, 0.6) is 0 Å². The smallest absolute Gasteiger partial charge is 0.0947 e. The molecule has 1 unspecified atom stereocenters. The molecule has 0 fully saturated rings. The van der Waals surface area contributed by atoms with Crippen LogP contribution in [0.1, 0.15) is 25.8 Å². The minimum absolute atomic E-state index is 0.604. The maximum Gasteiger partial charge on any atom is 0.0947 e. The highest BCUT2D eigenvalue weighted by Crippen LogP contribution is 2.08. The first-order chi connectivity index (χ1) is 7.59. The molecule has 16 heavy (non-hydrogen) atoms. The van der Waals surface area contributed by atoms with Gasteiger partial charge in [0.2, 0.25) is 0 Å². The Labute approximate surface area is 98.8 Å². The quantitative estimate of drug-likeness (QED) is 0.770. The maximum atomic E-state index is 5.03. The first kappa shape index (κ1) is 13.3. The summed E-state index contributed by atoms with van der Waals surface area (Å²) in [6.45, 7) is 6.45. The molecule has 92 valence electrons. The van der Waals surface area contributed by atoms with Crippen LogP contribution < -0.4 is 5.32 Å². The second-order valence-electron chi connectivity index (χ2n) is 5.01. The predicted octanol–water partition coefficient (Wildman–Crippen LogP) is 2.35. The first-order valence-electron chi connectivity index (χ1n) is 5.97. The number of hydrogen-bond donors (Lipinski definition) is 1. The van der Waals surface area contributed by atoms with Crippen LogP contribution in [0.2, 0.25) is 0 Å². The number of hydrogen-bond acceptors (Lipinski definition) is 3. The monoisotopic (exact) mass is 224 g/mol. The Morgan fingerprint density at radius 1 is 1.38 bits per heavy atom. The van der Waals surface area contributed by atoms with Crippen LogP contribution in [0.25, 0.3) is 0 Å². The molecule has 3 heteroatoms. The third kappa shape index (κ3) is 4.81. The highest BCUT2D eigenvalue weighted by Gasteiger charge is 2.12. The van der Waals surface area contributed by atoms with E-state index in [0.717, 1.165) is 19.0 Å². The normalized spacial score (nSPS) is 13.6. The van der Waals surface area contributed by atoms with Crippen LogP contribution in [-0.2, 0) is 6.54 Å². The first-order valence-corrected chi connectivity index (χ1v) is 5.97. The van der Waals surface area contributed by atoms with Crippen LogP contribution in [0.3, 0.4) is 0 Å². The molecule has 0 amide bonds. The molecule has 0 radical (unpaired) electrons. The van der Waals surface area contributed by atoms with E-state index >= 15 is 0 Å². The summed E-state index contributed by atoms with van der Waals surface area (Å²) in [7, 11) is 4.29. The van der Waals surface area contributed by atoms with Crippen molar-refractivity contribution in [3.63, 3.8) is 0 Å². The van der Waals surface area contributed by atoms with Gasteiger partial charge in [-0.2, -0.15) is 0 Å². The number of nitrogens with one attached hydrogen (secondary N) is 1. The van der Waals surface area contributed by atoms with Gasteiger partial charge in [-0.1, -0.05) is 13.8 Å². The Hall–Kier alpha value is -0.800. The fraction of sp³-hybridized carbons (Fsp3) is 0.692. The lowest BCUT2D eigenvalue weighted by Gasteiger charge is -2.26. The highest BCUT2D eigenvalue weighted by atomic mass is 16.3. The fourth-order valence-electron chi connectivity index (χ4n) is 1.80. The molecule has 0 aliphatic carbocycles. The molecule has 0 aliphatic rings. The Morgan fingerprint density at radius 3 is 2.62 bits per heavy atom. The van der Waals surface area contributed by atoms with Gasteiger partial charge in [-0.15, -0.1) is 0 Å². The van der Waals surface area contributed by atoms with Crippen molar-refractivity contribution < 1.29 is 4.42 Å². The average molecular weight is 224 g/mol. The fourth-order valence-corrected chi connectivity index (χ4v) is 1.80. The summed E-state index contributed by atoms with van der Waals surface area (Å²) in [5, 5.41) is 3.47. The van der Waals surface area contributed by atoms with Crippen LogP contribution in [0.15, 0.2) is 23.0 Å². The van der Waals surface area contributed by atoms with Gasteiger partial charge < -0.3 is 14.6 Å². The van der Waals surface area contributed by atoms with Crippen LogP contribution in [0, 0.1) is 5.92 Å². The van der Waals surface area contributed by atoms with Gasteiger partial charge in [-0.05, 0) is 32.5 Å². The molecule has 0 saturated carbocycles. The van der Waals surface area contributed by atoms with E-state index in [-0.39, 0.29) is 0 Å². The zero-order chi connectivity index (χ0) is 12.0. The number of rotatable bonds is 7. The van der Waals surface area contributed by atoms with Crippen molar-refractivity contribution in [1.82, 2.24) is 10.2 Å². The SMILES string of the molecule is CC(C)CC(CNCc1ccoc1)N(C)C. The summed E-state index contributed by atoms with van der Waals surface area (Å²) in [6.07, 6.45) is 4.74. The van der Waals surface area contributed by atoms with Crippen LogP contribution in [0.4, 0.5) is 0 Å². The molecular formula is C13H24N2O. The molecule has 1 heterocycles. The Balaban J connectivity index is 2.27. The van der Waals surface area contributed by atoms with E-state index in [4.69, 9.17) is 4.42 Å². The molecule has 1 atom stereocenters. The van der Waals surface area contributed by atoms with Gasteiger partial charge in [-0.3, -0.25) is 0 Å². The molecule has 1 aromatic heterocycles. The van der Waals surface area contributed by atoms with Crippen molar-refractivity contribution >= 4 is 0 Å². The molecule has 1 N–H and O–H groups in total. The molecule has 0 bridgehead atoms. The van der Waals surface area contributed by atoms with Crippen molar-refractivity contribution in [2.24, 2.45) is 5.92 Å². The molecule has 3 nitrogen and oxygen atoms in total. The van der Waals surface area contributed by atoms with E-state index in [9.17, 15) is 0 Å². The van der Waals surface area contributed by atoms with Crippen molar-refractivity contribution in [2.75, 3.05) is 20.6 Å². The molecule has 0 spiro atoms. The molecule has 0 saturated heterocycles. The summed E-state index contributed by atoms with van der Waals surface area (Å²) in [6, 6.07) is 2.60. The van der Waals surface area contributed by atoms with Crippen molar-refractivity contribution in [3.8, 4) is 0 Å². The summed E-state index contributed by atoms with van der Waals surface area (Å²) in [4.78, 5) is 2.29. The van der Waals surface area contributed by atoms with Gasteiger partial charge >= 0.3 is 0 Å². The molecule has 0 aromatic carbocycles. The van der Waals surface area contributed by atoms with Gasteiger partial charge in [0.05, 0.1) is 12.5 Å². The zero-order valence-corrected chi connectivity index (χ0v) is 10.9. The second-order valence-corrected chi connectivity index (χ2v) is 5.01. The maximum absolute atomic E-state index is 5.03. The largest absolute Gasteiger partial charge is 0.472 e. The number of furan rings is 1. The van der Waals surface area contributed by atoms with Gasteiger partial charge in [0.1, 0.15) is 0 Å². The van der Waals surface area contributed by atoms with Crippen molar-refractivity contribution in [2.45, 2.75) is 32.9 Å². The predicted molar refractivity (Wildman–Crippen MR) is 67.3 cm³/mol. The van der Waals surface area contributed by atoms with Crippen LogP contribution >= 0.6 is 0 Å². The lowest BCUT2D eigenvalue weighted by molar-refractivity contribution is 0.246. The van der Waals surface area contributed by atoms with Gasteiger partial charge in [-0.25, -0.2) is 0 Å². The van der Waals surface area contributed by atoms with E-state index in [2.05, 4.69) is 38.2 Å². The Morgan fingerprint density at radius 2 is 2.12 bits per heavy atom. The van der Waals surface area contributed by atoms with E-state index in [1.165, 1.54) is 12.0 Å². The van der Waals surface area contributed by atoms with Gasteiger partial charge in [0.25, 0.3) is 0 Å². The van der Waals surface area contributed by atoms with Gasteiger partial charge in [0, 0.05) is 24.7 Å². The molecule has 0 aliphatic heterocycles. The van der Waals surface area contributed by atoms with Crippen LogP contribution in [-0.4, -0.2) is 31.6 Å². The van der Waals surface area contributed by atoms with Crippen molar-refractivity contribution in [1.29, 1.82) is 0 Å². The topological polar surface area (TPSA) is 28.4 Å². The molecule has 1 aromatic rings. The minimum atomic E-state index is 0.604. The highest BCUT2D eigenvalue weighted by molar-refractivity contribution is 5.04. The number of likely N-dealkylation sites (N-methyl/N-ethyl adjacent to an activating group) is 1. The number of nitrogens with zero attached hydrogens (tertiary/aromatic N) is 1. The average Bonchev–Trinajstić information content (AvgIpc) is 2.68. The lowest BCUT2D eigenvalue weighted by atomic mass is 10.0. The Bertz CT molecular complexity index is 267. The third-order valence-corrected chi connectivity index (χ3v) is 2.76. The zero-order valence-electron chi connectivity index (χ0n) is 10.9. The van der Waals surface area contributed by atoms with Gasteiger partial charge in [0.15, 0.2) is 0 Å². The summed E-state index contributed by atoms with van der Waals surface area (Å²) >= 11 is 0. The van der Waals surface area contributed by atoms with Crippen molar-refractivity contribution in [3.05, 3.63) is 24.2 Å². The lowest BCUT2D eigenvalue weighted by Crippen LogP contribution is -2.38. The van der Waals surface area contributed by atoms with E-state index in [0.29, 0.717) is 6.04 Å². The molecule has 1 rings (SSSR count). The Kier molecular flexibility index (Phi) is 5.56. The van der Waals surface area contributed by atoms with E-state index < -0.39 is 0 Å². The summed E-state index contributed by atoms with van der Waals surface area (Å²) in [5.41, 5.74) is 1.21. The standard InChI is InChI=1S/C13H24N2O/c1-11(2)7-13(15(3)4)9-14-8-12-5-6-16-10-12/h5-6,10-11,13-14H,7-9H2,1-4H3.